The van der Waals surface area contributed by atoms with E-state index in [0.29, 0.717) is 22.6 Å². The van der Waals surface area contributed by atoms with E-state index >= 15 is 0 Å². The summed E-state index contributed by atoms with van der Waals surface area (Å²) in [6, 6.07) is 10.9. The zero-order valence-corrected chi connectivity index (χ0v) is 15.1. The molecule has 27 heavy (non-hydrogen) atoms. The molecule has 0 fully saturated rings. The van der Waals surface area contributed by atoms with Crippen molar-refractivity contribution in [2.45, 2.75) is 20.1 Å². The van der Waals surface area contributed by atoms with Gasteiger partial charge in [0.05, 0.1) is 18.4 Å². The summed E-state index contributed by atoms with van der Waals surface area (Å²) in [5, 5.41) is 0. The molecule has 2 rings (SSSR count). The summed E-state index contributed by atoms with van der Waals surface area (Å²) < 4.78 is 20.3. The molecule has 142 valence electrons. The van der Waals surface area contributed by atoms with Gasteiger partial charge in [-0.25, -0.2) is 4.79 Å². The molecule has 0 aromatic heterocycles. The largest absolute Gasteiger partial charge is 0.465 e. The maximum atomic E-state index is 11.4. The third-order valence-corrected chi connectivity index (χ3v) is 3.36. The van der Waals surface area contributed by atoms with Crippen molar-refractivity contribution in [2.24, 2.45) is 0 Å². The first-order valence-corrected chi connectivity index (χ1v) is 7.90. The molecule has 2 N–H and O–H groups in total. The van der Waals surface area contributed by atoms with E-state index in [4.69, 9.17) is 19.9 Å². The van der Waals surface area contributed by atoms with E-state index in [-0.39, 0.29) is 5.69 Å². The minimum atomic E-state index is -1.20. The quantitative estimate of drug-likeness (QED) is 0.467. The maximum absolute atomic E-state index is 11.4. The van der Waals surface area contributed by atoms with Crippen LogP contribution in [-0.4, -0.2) is 25.0 Å². The Balaban J connectivity index is 2.18. The van der Waals surface area contributed by atoms with Gasteiger partial charge in [-0.3, -0.25) is 9.59 Å². The monoisotopic (exact) mass is 373 g/mol. The van der Waals surface area contributed by atoms with Crippen molar-refractivity contribution in [1.29, 1.82) is 0 Å². The Morgan fingerprint density at radius 2 is 1.52 bits per heavy atom. The molecular weight excluding hydrogens is 354 g/mol. The second kappa shape index (κ2) is 8.70. The van der Waals surface area contributed by atoms with Crippen molar-refractivity contribution in [2.75, 3.05) is 12.8 Å². The third-order valence-electron chi connectivity index (χ3n) is 3.36. The van der Waals surface area contributed by atoms with Crippen LogP contribution in [0, 0.1) is 0 Å². The predicted molar refractivity (Wildman–Crippen MR) is 95.0 cm³/mol. The van der Waals surface area contributed by atoms with Gasteiger partial charge >= 0.3 is 17.9 Å². The molecule has 2 aromatic rings. The van der Waals surface area contributed by atoms with E-state index in [0.717, 1.165) is 0 Å². The Kier molecular flexibility index (Phi) is 6.37. The summed E-state index contributed by atoms with van der Waals surface area (Å²) in [6.45, 7) is 2.41. The van der Waals surface area contributed by atoms with E-state index in [9.17, 15) is 14.4 Å². The molecule has 0 radical (unpaired) electrons. The first kappa shape index (κ1) is 19.8. The Labute approximate surface area is 155 Å². The number of ether oxygens (including phenoxy) is 4. The topological polar surface area (TPSA) is 114 Å². The Hall–Kier alpha value is -3.55. The van der Waals surface area contributed by atoms with Crippen LogP contribution in [0.2, 0.25) is 0 Å². The SMILES string of the molecule is COC(=O)c1ccc(Oc2ccc(C(OC(C)=O)OC(C)=O)cc2N)cc1. The number of esters is 3. The standard InChI is InChI=1S/C19H19NO7/c1-11(21)25-19(26-12(2)22)14-6-9-17(16(20)10-14)27-15-7-4-13(5-8-15)18(23)24-3/h4-10,19H,20H2,1-3H3. The molecule has 0 aliphatic rings. The summed E-state index contributed by atoms with van der Waals surface area (Å²) >= 11 is 0. The van der Waals surface area contributed by atoms with Crippen molar-refractivity contribution in [3.05, 3.63) is 53.6 Å². The number of methoxy groups -OCH3 is 1. The first-order chi connectivity index (χ1) is 12.8. The lowest BCUT2D eigenvalue weighted by molar-refractivity contribution is -0.186. The van der Waals surface area contributed by atoms with E-state index in [1.54, 1.807) is 36.4 Å². The van der Waals surface area contributed by atoms with Crippen LogP contribution in [0.25, 0.3) is 0 Å². The number of benzene rings is 2. The summed E-state index contributed by atoms with van der Waals surface area (Å²) in [4.78, 5) is 33.8. The van der Waals surface area contributed by atoms with Gasteiger partial charge in [-0.05, 0) is 42.5 Å². The molecule has 0 saturated heterocycles. The second-order valence-corrected chi connectivity index (χ2v) is 5.47. The van der Waals surface area contributed by atoms with Crippen LogP contribution < -0.4 is 10.5 Å². The molecule has 0 amide bonds. The molecule has 2 aromatic carbocycles. The molecule has 0 aliphatic carbocycles. The van der Waals surface area contributed by atoms with E-state index in [2.05, 4.69) is 4.74 Å². The lowest BCUT2D eigenvalue weighted by atomic mass is 10.1. The number of carbonyl (C=O) groups is 3. The van der Waals surface area contributed by atoms with Crippen molar-refractivity contribution >= 4 is 23.6 Å². The third kappa shape index (κ3) is 5.46. The molecule has 0 saturated carbocycles. The molecule has 0 unspecified atom stereocenters. The highest BCUT2D eigenvalue weighted by atomic mass is 16.7. The van der Waals surface area contributed by atoms with Crippen LogP contribution in [0.3, 0.4) is 0 Å². The van der Waals surface area contributed by atoms with Crippen molar-refractivity contribution in [3.8, 4) is 11.5 Å². The summed E-state index contributed by atoms with van der Waals surface area (Å²) in [5.41, 5.74) is 7.00. The number of hydrogen-bond donors (Lipinski definition) is 1. The average molecular weight is 373 g/mol. The smallest absolute Gasteiger partial charge is 0.337 e. The van der Waals surface area contributed by atoms with Gasteiger partial charge in [0.25, 0.3) is 6.29 Å². The van der Waals surface area contributed by atoms with E-state index < -0.39 is 24.2 Å². The van der Waals surface area contributed by atoms with Crippen LogP contribution >= 0.6 is 0 Å². The molecular formula is C19H19NO7. The molecule has 0 bridgehead atoms. The lowest BCUT2D eigenvalue weighted by Crippen LogP contribution is -2.15. The van der Waals surface area contributed by atoms with Crippen LogP contribution in [0.1, 0.15) is 36.1 Å². The normalized spacial score (nSPS) is 10.2. The van der Waals surface area contributed by atoms with Gasteiger partial charge in [-0.2, -0.15) is 0 Å². The summed E-state index contributed by atoms with van der Waals surface area (Å²) in [5.74, 6) is -0.864. The van der Waals surface area contributed by atoms with Crippen LogP contribution in [-0.2, 0) is 23.8 Å². The fourth-order valence-corrected chi connectivity index (χ4v) is 2.17. The van der Waals surface area contributed by atoms with Gasteiger partial charge in [-0.1, -0.05) is 0 Å². The van der Waals surface area contributed by atoms with Crippen LogP contribution in [0.5, 0.6) is 11.5 Å². The zero-order valence-electron chi connectivity index (χ0n) is 15.1. The van der Waals surface area contributed by atoms with E-state index in [1.807, 2.05) is 0 Å². The van der Waals surface area contributed by atoms with Gasteiger partial charge in [0.1, 0.15) is 11.5 Å². The van der Waals surface area contributed by atoms with Crippen molar-refractivity contribution < 1.29 is 33.3 Å². The molecule has 8 nitrogen and oxygen atoms in total. The molecule has 0 spiro atoms. The second-order valence-electron chi connectivity index (χ2n) is 5.47. The van der Waals surface area contributed by atoms with Crippen LogP contribution in [0.15, 0.2) is 42.5 Å². The first-order valence-electron chi connectivity index (χ1n) is 7.90. The number of anilines is 1. The Morgan fingerprint density at radius 3 is 2.00 bits per heavy atom. The molecule has 0 aliphatic heterocycles. The summed E-state index contributed by atoms with van der Waals surface area (Å²) in [6.07, 6.45) is -1.20. The average Bonchev–Trinajstić information content (AvgIpc) is 2.62. The molecule has 0 atom stereocenters. The highest BCUT2D eigenvalue weighted by Crippen LogP contribution is 2.31. The van der Waals surface area contributed by atoms with Gasteiger partial charge in [0.2, 0.25) is 0 Å². The lowest BCUT2D eigenvalue weighted by Gasteiger charge is -2.18. The van der Waals surface area contributed by atoms with Crippen molar-refractivity contribution in [1.82, 2.24) is 0 Å². The summed E-state index contributed by atoms with van der Waals surface area (Å²) in [7, 11) is 1.30. The highest BCUT2D eigenvalue weighted by Gasteiger charge is 2.19. The van der Waals surface area contributed by atoms with Gasteiger partial charge in [0, 0.05) is 19.4 Å². The van der Waals surface area contributed by atoms with Gasteiger partial charge in [0.15, 0.2) is 0 Å². The minimum Gasteiger partial charge on any atom is -0.465 e. The predicted octanol–water partition coefficient (Wildman–Crippen LogP) is 2.97. The fraction of sp³-hybridized carbons (Fsp3) is 0.211. The van der Waals surface area contributed by atoms with E-state index in [1.165, 1.54) is 27.0 Å². The molecule has 0 heterocycles. The number of hydrogen-bond acceptors (Lipinski definition) is 8. The Bertz CT molecular complexity index is 830. The number of carbonyl (C=O) groups excluding carboxylic acids is 3. The van der Waals surface area contributed by atoms with Gasteiger partial charge < -0.3 is 24.7 Å². The highest BCUT2D eigenvalue weighted by molar-refractivity contribution is 5.89. The number of nitrogens with two attached hydrogens (primary N) is 1. The molecule has 8 heteroatoms. The fourth-order valence-electron chi connectivity index (χ4n) is 2.17. The van der Waals surface area contributed by atoms with Crippen molar-refractivity contribution in [3.63, 3.8) is 0 Å². The minimum absolute atomic E-state index is 0.244. The zero-order chi connectivity index (χ0) is 20.0. The van der Waals surface area contributed by atoms with Crippen LogP contribution in [0.4, 0.5) is 5.69 Å². The number of rotatable bonds is 6. The Morgan fingerprint density at radius 1 is 0.926 bits per heavy atom. The maximum Gasteiger partial charge on any atom is 0.337 e. The van der Waals surface area contributed by atoms with Gasteiger partial charge in [-0.15, -0.1) is 0 Å². The number of nitrogen functional groups attached to an aromatic ring is 1.